The summed E-state index contributed by atoms with van der Waals surface area (Å²) < 4.78 is 6.03. The molecular formula is C33H27NO3. The van der Waals surface area contributed by atoms with Crippen LogP contribution in [-0.2, 0) is 9.59 Å². The maximum Gasteiger partial charge on any atom is 0.238 e. The van der Waals surface area contributed by atoms with Gasteiger partial charge in [0.1, 0.15) is 11.5 Å². The monoisotopic (exact) mass is 485 g/mol. The molecule has 1 saturated heterocycles. The molecule has 0 unspecified atom stereocenters. The van der Waals surface area contributed by atoms with Gasteiger partial charge < -0.3 is 4.74 Å². The Labute approximate surface area is 216 Å². The standard InChI is InChI=1S/C33H27NO3/c1-22-10-8-9-15-29(22)37-26-18-16-25(17-19-26)34-32(35)30-27(23-11-4-2-5-12-23)20-21-28(31(30)33(34)36)24-13-6-3-7-14-24/h2-21,27-28,30-31H,1H3/t27-,28+,30+,31-. The van der Waals surface area contributed by atoms with Gasteiger partial charge in [0.2, 0.25) is 11.8 Å². The average Bonchev–Trinajstić information content (AvgIpc) is 3.21. The Balaban J connectivity index is 1.35. The number of nitrogens with zero attached hydrogens (tertiary/aromatic N) is 1. The molecule has 0 spiro atoms. The topological polar surface area (TPSA) is 46.6 Å². The van der Waals surface area contributed by atoms with E-state index in [4.69, 9.17) is 4.74 Å². The molecule has 0 bridgehead atoms. The lowest BCUT2D eigenvalue weighted by molar-refractivity contribution is -0.122. The first-order valence-electron chi connectivity index (χ1n) is 12.6. The van der Waals surface area contributed by atoms with Gasteiger partial charge in [0.05, 0.1) is 17.5 Å². The average molecular weight is 486 g/mol. The molecule has 2 amide bonds. The lowest BCUT2D eigenvalue weighted by atomic mass is 9.68. The number of imide groups is 1. The summed E-state index contributed by atoms with van der Waals surface area (Å²) in [7, 11) is 0. The van der Waals surface area contributed by atoms with Crippen molar-refractivity contribution in [3.63, 3.8) is 0 Å². The minimum absolute atomic E-state index is 0.151. The molecule has 37 heavy (non-hydrogen) atoms. The molecule has 4 nitrogen and oxygen atoms in total. The molecule has 1 aliphatic carbocycles. The smallest absolute Gasteiger partial charge is 0.238 e. The molecular weight excluding hydrogens is 458 g/mol. The molecule has 0 radical (unpaired) electrons. The number of aryl methyl sites for hydroxylation is 1. The van der Waals surface area contributed by atoms with E-state index >= 15 is 0 Å². The van der Waals surface area contributed by atoms with Crippen molar-refractivity contribution in [2.45, 2.75) is 18.8 Å². The van der Waals surface area contributed by atoms with Gasteiger partial charge in [-0.2, -0.15) is 0 Å². The number of anilines is 1. The summed E-state index contributed by atoms with van der Waals surface area (Å²) in [6, 6.07) is 35.0. The number of rotatable bonds is 5. The highest BCUT2D eigenvalue weighted by molar-refractivity contribution is 6.23. The van der Waals surface area contributed by atoms with Crippen molar-refractivity contribution in [1.29, 1.82) is 0 Å². The van der Waals surface area contributed by atoms with Crippen molar-refractivity contribution in [1.82, 2.24) is 0 Å². The maximum absolute atomic E-state index is 14.0. The predicted octanol–water partition coefficient (Wildman–Crippen LogP) is 7.03. The molecule has 0 saturated carbocycles. The van der Waals surface area contributed by atoms with E-state index in [1.165, 1.54) is 4.90 Å². The first-order valence-corrected chi connectivity index (χ1v) is 12.6. The van der Waals surface area contributed by atoms with Crippen LogP contribution in [0, 0.1) is 18.8 Å². The van der Waals surface area contributed by atoms with Gasteiger partial charge >= 0.3 is 0 Å². The fraction of sp³-hybridized carbons (Fsp3) is 0.152. The van der Waals surface area contributed by atoms with E-state index in [-0.39, 0.29) is 23.7 Å². The highest BCUT2D eigenvalue weighted by Gasteiger charge is 2.55. The maximum atomic E-state index is 14.0. The van der Waals surface area contributed by atoms with Gasteiger partial charge in [0.15, 0.2) is 0 Å². The van der Waals surface area contributed by atoms with Crippen LogP contribution in [0.3, 0.4) is 0 Å². The van der Waals surface area contributed by atoms with E-state index in [1.807, 2.05) is 104 Å². The molecule has 0 aromatic heterocycles. The first-order chi connectivity index (χ1) is 18.1. The van der Waals surface area contributed by atoms with Gasteiger partial charge in [0, 0.05) is 11.8 Å². The lowest BCUT2D eigenvalue weighted by Crippen LogP contribution is -2.31. The van der Waals surface area contributed by atoms with Gasteiger partial charge in [0.25, 0.3) is 0 Å². The van der Waals surface area contributed by atoms with Gasteiger partial charge in [-0.15, -0.1) is 0 Å². The third-order valence-corrected chi connectivity index (χ3v) is 7.48. The summed E-state index contributed by atoms with van der Waals surface area (Å²) in [5.74, 6) is -0.116. The van der Waals surface area contributed by atoms with Crippen LogP contribution in [0.2, 0.25) is 0 Å². The molecule has 4 aromatic carbocycles. The minimum atomic E-state index is -0.465. The second-order valence-electron chi connectivity index (χ2n) is 9.68. The van der Waals surface area contributed by atoms with Gasteiger partial charge in [-0.1, -0.05) is 91.0 Å². The molecule has 1 heterocycles. The number of carbonyl (C=O) groups excluding carboxylic acids is 2. The largest absolute Gasteiger partial charge is 0.457 e. The molecule has 2 aliphatic rings. The van der Waals surface area contributed by atoms with E-state index in [1.54, 1.807) is 12.1 Å². The fourth-order valence-corrected chi connectivity index (χ4v) is 5.65. The second kappa shape index (κ2) is 9.55. The number of fused-ring (bicyclic) bond motifs is 1. The Kier molecular flexibility index (Phi) is 5.93. The summed E-state index contributed by atoms with van der Waals surface area (Å²) in [5, 5.41) is 0. The number of hydrogen-bond donors (Lipinski definition) is 0. The van der Waals surface area contributed by atoms with Crippen molar-refractivity contribution < 1.29 is 14.3 Å². The second-order valence-corrected chi connectivity index (χ2v) is 9.68. The first kappa shape index (κ1) is 23.0. The zero-order valence-electron chi connectivity index (χ0n) is 20.5. The molecule has 1 fully saturated rings. The lowest BCUT2D eigenvalue weighted by Gasteiger charge is -2.32. The minimum Gasteiger partial charge on any atom is -0.457 e. The summed E-state index contributed by atoms with van der Waals surface area (Å²) in [6.07, 6.45) is 4.23. The highest BCUT2D eigenvalue weighted by atomic mass is 16.5. The van der Waals surface area contributed by atoms with Crippen LogP contribution in [0.15, 0.2) is 121 Å². The van der Waals surface area contributed by atoms with E-state index in [0.29, 0.717) is 11.4 Å². The number of hydrogen-bond acceptors (Lipinski definition) is 3. The van der Waals surface area contributed by atoms with Gasteiger partial charge in [-0.3, -0.25) is 9.59 Å². The van der Waals surface area contributed by atoms with Gasteiger partial charge in [-0.05, 0) is 53.9 Å². The zero-order valence-corrected chi connectivity index (χ0v) is 20.5. The number of allylic oxidation sites excluding steroid dienone is 2. The molecule has 6 rings (SSSR count). The molecule has 0 N–H and O–H groups in total. The summed E-state index contributed by atoms with van der Waals surface area (Å²) in [4.78, 5) is 29.3. The van der Waals surface area contributed by atoms with E-state index < -0.39 is 11.8 Å². The van der Waals surface area contributed by atoms with Crippen LogP contribution in [0.5, 0.6) is 11.5 Å². The van der Waals surface area contributed by atoms with E-state index in [2.05, 4.69) is 12.2 Å². The Morgan fingerprint density at radius 1 is 0.595 bits per heavy atom. The number of carbonyl (C=O) groups is 2. The Morgan fingerprint density at radius 2 is 1.08 bits per heavy atom. The van der Waals surface area contributed by atoms with Gasteiger partial charge in [-0.25, -0.2) is 4.90 Å². The van der Waals surface area contributed by atoms with Crippen LogP contribution in [0.25, 0.3) is 0 Å². The Morgan fingerprint density at radius 3 is 1.59 bits per heavy atom. The Hall–Kier alpha value is -4.44. The third-order valence-electron chi connectivity index (χ3n) is 7.48. The molecule has 4 aromatic rings. The number of para-hydroxylation sites is 1. The number of amides is 2. The molecule has 4 atom stereocenters. The number of benzene rings is 4. The predicted molar refractivity (Wildman–Crippen MR) is 145 cm³/mol. The Bertz CT molecular complexity index is 1390. The van der Waals surface area contributed by atoms with Crippen molar-refractivity contribution in [3.8, 4) is 11.5 Å². The van der Waals surface area contributed by atoms with Crippen LogP contribution < -0.4 is 9.64 Å². The number of ether oxygens (including phenoxy) is 1. The summed E-state index contributed by atoms with van der Waals surface area (Å²) in [6.45, 7) is 1.99. The summed E-state index contributed by atoms with van der Waals surface area (Å²) >= 11 is 0. The van der Waals surface area contributed by atoms with Crippen LogP contribution in [-0.4, -0.2) is 11.8 Å². The van der Waals surface area contributed by atoms with E-state index in [9.17, 15) is 9.59 Å². The van der Waals surface area contributed by atoms with Crippen molar-refractivity contribution >= 4 is 17.5 Å². The SMILES string of the molecule is Cc1ccccc1Oc1ccc(N2C(=O)[C@@H]3[C@H](C2=O)[C@H](c2ccccc2)C=C[C@@H]3c2ccccc2)cc1. The molecule has 4 heteroatoms. The zero-order chi connectivity index (χ0) is 25.4. The van der Waals surface area contributed by atoms with Crippen LogP contribution in [0.4, 0.5) is 5.69 Å². The van der Waals surface area contributed by atoms with Crippen LogP contribution in [0.1, 0.15) is 28.5 Å². The third kappa shape index (κ3) is 4.15. The quantitative estimate of drug-likeness (QED) is 0.225. The van der Waals surface area contributed by atoms with Crippen molar-refractivity contribution in [2.24, 2.45) is 11.8 Å². The summed E-state index contributed by atoms with van der Waals surface area (Å²) in [5.41, 5.74) is 3.70. The normalized spacial score (nSPS) is 22.7. The molecule has 1 aliphatic heterocycles. The van der Waals surface area contributed by atoms with E-state index in [0.717, 1.165) is 22.4 Å². The van der Waals surface area contributed by atoms with Crippen LogP contribution >= 0.6 is 0 Å². The molecule has 182 valence electrons. The van der Waals surface area contributed by atoms with Crippen molar-refractivity contribution in [3.05, 3.63) is 138 Å². The highest BCUT2D eigenvalue weighted by Crippen LogP contribution is 2.50. The van der Waals surface area contributed by atoms with Crippen molar-refractivity contribution in [2.75, 3.05) is 4.90 Å². The fourth-order valence-electron chi connectivity index (χ4n) is 5.65.